The number of methoxy groups -OCH3 is 1. The predicted octanol–water partition coefficient (Wildman–Crippen LogP) is 2.88. The molecule has 2 aromatic heterocycles. The fraction of sp³-hybridized carbons (Fsp3) is 0.278. The number of ether oxygens (including phenoxy) is 1. The van der Waals surface area contributed by atoms with E-state index in [1.165, 1.54) is 11.8 Å². The molecule has 0 aliphatic carbocycles. The van der Waals surface area contributed by atoms with Gasteiger partial charge in [-0.3, -0.25) is 4.79 Å². The van der Waals surface area contributed by atoms with Gasteiger partial charge in [0.1, 0.15) is 11.5 Å². The van der Waals surface area contributed by atoms with Crippen LogP contribution in [0.1, 0.15) is 12.7 Å². The van der Waals surface area contributed by atoms with Gasteiger partial charge in [-0.25, -0.2) is 0 Å². The van der Waals surface area contributed by atoms with Crippen LogP contribution in [0.3, 0.4) is 0 Å². The summed E-state index contributed by atoms with van der Waals surface area (Å²) in [5.74, 6) is 2.15. The first-order valence-electron chi connectivity index (χ1n) is 8.09. The number of aromatic nitrogens is 3. The Morgan fingerprint density at radius 1 is 1.31 bits per heavy atom. The van der Waals surface area contributed by atoms with Crippen molar-refractivity contribution in [1.29, 1.82) is 0 Å². The Kier molecular flexibility index (Phi) is 5.62. The molecule has 1 atom stereocenters. The van der Waals surface area contributed by atoms with E-state index in [1.54, 1.807) is 19.4 Å². The normalized spacial score (nSPS) is 12.0. The fourth-order valence-corrected chi connectivity index (χ4v) is 3.19. The quantitative estimate of drug-likeness (QED) is 0.642. The van der Waals surface area contributed by atoms with E-state index in [0.717, 1.165) is 22.9 Å². The SMILES string of the molecule is COc1ccc(-c2nnc(S[C@H](C)C(=O)NCc3ccco3)n2C)cc1. The van der Waals surface area contributed by atoms with Gasteiger partial charge in [0.25, 0.3) is 0 Å². The maximum absolute atomic E-state index is 12.3. The van der Waals surface area contributed by atoms with Gasteiger partial charge in [0, 0.05) is 12.6 Å². The van der Waals surface area contributed by atoms with Crippen LogP contribution >= 0.6 is 11.8 Å². The molecule has 7 nitrogen and oxygen atoms in total. The Hall–Kier alpha value is -2.74. The molecule has 3 rings (SSSR count). The number of rotatable bonds is 7. The van der Waals surface area contributed by atoms with E-state index in [0.29, 0.717) is 11.7 Å². The summed E-state index contributed by atoms with van der Waals surface area (Å²) in [4.78, 5) is 12.3. The van der Waals surface area contributed by atoms with E-state index in [4.69, 9.17) is 9.15 Å². The molecule has 26 heavy (non-hydrogen) atoms. The lowest BCUT2D eigenvalue weighted by molar-refractivity contribution is -0.120. The highest BCUT2D eigenvalue weighted by molar-refractivity contribution is 8.00. The van der Waals surface area contributed by atoms with Crippen LogP contribution < -0.4 is 10.1 Å². The zero-order valence-corrected chi connectivity index (χ0v) is 15.6. The Balaban J connectivity index is 1.64. The van der Waals surface area contributed by atoms with E-state index in [9.17, 15) is 4.79 Å². The van der Waals surface area contributed by atoms with Crippen LogP contribution in [-0.2, 0) is 18.4 Å². The number of hydrogen-bond donors (Lipinski definition) is 1. The number of hydrogen-bond acceptors (Lipinski definition) is 6. The zero-order chi connectivity index (χ0) is 18.5. The molecule has 1 N–H and O–H groups in total. The predicted molar refractivity (Wildman–Crippen MR) is 98.9 cm³/mol. The van der Waals surface area contributed by atoms with Crippen molar-refractivity contribution in [1.82, 2.24) is 20.1 Å². The van der Waals surface area contributed by atoms with E-state index in [2.05, 4.69) is 15.5 Å². The van der Waals surface area contributed by atoms with Crippen LogP contribution in [0, 0.1) is 0 Å². The summed E-state index contributed by atoms with van der Waals surface area (Å²) in [5, 5.41) is 11.7. The highest BCUT2D eigenvalue weighted by atomic mass is 32.2. The van der Waals surface area contributed by atoms with Crippen LogP contribution in [-0.4, -0.2) is 33.0 Å². The monoisotopic (exact) mass is 372 g/mol. The van der Waals surface area contributed by atoms with Crippen molar-refractivity contribution in [3.63, 3.8) is 0 Å². The van der Waals surface area contributed by atoms with Crippen LogP contribution in [0.15, 0.2) is 52.2 Å². The molecule has 1 aromatic carbocycles. The highest BCUT2D eigenvalue weighted by Gasteiger charge is 2.19. The van der Waals surface area contributed by atoms with Crippen molar-refractivity contribution < 1.29 is 13.9 Å². The molecular weight excluding hydrogens is 352 g/mol. The lowest BCUT2D eigenvalue weighted by Crippen LogP contribution is -2.30. The number of amides is 1. The summed E-state index contributed by atoms with van der Waals surface area (Å²) in [7, 11) is 3.51. The first-order valence-corrected chi connectivity index (χ1v) is 8.97. The Morgan fingerprint density at radius 3 is 2.73 bits per heavy atom. The van der Waals surface area contributed by atoms with Crippen molar-refractivity contribution >= 4 is 17.7 Å². The van der Waals surface area contributed by atoms with Crippen LogP contribution in [0.5, 0.6) is 5.75 Å². The molecule has 1 amide bonds. The Labute approximate surface area is 155 Å². The van der Waals surface area contributed by atoms with Crippen molar-refractivity contribution in [3.05, 3.63) is 48.4 Å². The average Bonchev–Trinajstić information content (AvgIpc) is 3.30. The number of nitrogens with zero attached hydrogens (tertiary/aromatic N) is 3. The molecule has 0 saturated carbocycles. The lowest BCUT2D eigenvalue weighted by Gasteiger charge is -2.11. The third kappa shape index (κ3) is 4.08. The molecule has 136 valence electrons. The van der Waals surface area contributed by atoms with Gasteiger partial charge in [-0.1, -0.05) is 11.8 Å². The van der Waals surface area contributed by atoms with Gasteiger partial charge in [0.15, 0.2) is 11.0 Å². The number of carbonyl (C=O) groups is 1. The molecule has 0 saturated heterocycles. The van der Waals surface area contributed by atoms with Gasteiger partial charge in [-0.15, -0.1) is 10.2 Å². The number of nitrogens with one attached hydrogen (secondary N) is 1. The maximum atomic E-state index is 12.3. The number of carbonyl (C=O) groups excluding carboxylic acids is 1. The second kappa shape index (κ2) is 8.09. The van der Waals surface area contributed by atoms with Crippen LogP contribution in [0.2, 0.25) is 0 Å². The minimum absolute atomic E-state index is 0.0830. The van der Waals surface area contributed by atoms with E-state index < -0.39 is 0 Å². The molecule has 0 bridgehead atoms. The second-order valence-corrected chi connectivity index (χ2v) is 6.96. The molecule has 2 heterocycles. The topological polar surface area (TPSA) is 82.2 Å². The van der Waals surface area contributed by atoms with Gasteiger partial charge >= 0.3 is 0 Å². The molecular formula is C18H20N4O3S. The molecule has 0 spiro atoms. The summed E-state index contributed by atoms with van der Waals surface area (Å²) in [6.45, 7) is 2.20. The smallest absolute Gasteiger partial charge is 0.233 e. The van der Waals surface area contributed by atoms with Gasteiger partial charge in [0.2, 0.25) is 5.91 Å². The van der Waals surface area contributed by atoms with E-state index in [-0.39, 0.29) is 11.2 Å². The van der Waals surface area contributed by atoms with Crippen molar-refractivity contribution in [2.75, 3.05) is 7.11 Å². The minimum Gasteiger partial charge on any atom is -0.497 e. The summed E-state index contributed by atoms with van der Waals surface area (Å²) in [6.07, 6.45) is 1.58. The van der Waals surface area contributed by atoms with Crippen molar-refractivity contribution in [2.45, 2.75) is 23.9 Å². The third-order valence-corrected chi connectivity index (χ3v) is 4.99. The molecule has 0 radical (unpaired) electrons. The summed E-state index contributed by atoms with van der Waals surface area (Å²) in [5.41, 5.74) is 0.933. The number of furan rings is 1. The molecule has 0 unspecified atom stereocenters. The molecule has 3 aromatic rings. The number of thioether (sulfide) groups is 1. The zero-order valence-electron chi connectivity index (χ0n) is 14.8. The third-order valence-electron chi connectivity index (χ3n) is 3.85. The van der Waals surface area contributed by atoms with Crippen LogP contribution in [0.25, 0.3) is 11.4 Å². The van der Waals surface area contributed by atoms with Crippen molar-refractivity contribution in [3.8, 4) is 17.1 Å². The van der Waals surface area contributed by atoms with Crippen LogP contribution in [0.4, 0.5) is 0 Å². The summed E-state index contributed by atoms with van der Waals surface area (Å²) < 4.78 is 12.3. The highest BCUT2D eigenvalue weighted by Crippen LogP contribution is 2.26. The average molecular weight is 372 g/mol. The first kappa shape index (κ1) is 18.1. The Morgan fingerprint density at radius 2 is 2.08 bits per heavy atom. The standard InChI is InChI=1S/C18H20N4O3S/c1-12(17(23)19-11-15-5-4-10-25-15)26-18-21-20-16(22(18)2)13-6-8-14(24-3)9-7-13/h4-10,12H,11H2,1-3H3,(H,19,23)/t12-/m1/s1. The van der Waals surface area contributed by atoms with Crippen molar-refractivity contribution in [2.24, 2.45) is 7.05 Å². The molecule has 0 aliphatic rings. The number of benzene rings is 1. The Bertz CT molecular complexity index is 859. The molecule has 0 fully saturated rings. The summed E-state index contributed by atoms with van der Waals surface area (Å²) in [6, 6.07) is 11.2. The lowest BCUT2D eigenvalue weighted by atomic mass is 10.2. The minimum atomic E-state index is -0.309. The van der Waals surface area contributed by atoms with Gasteiger partial charge < -0.3 is 19.0 Å². The molecule has 8 heteroatoms. The van der Waals surface area contributed by atoms with E-state index in [1.807, 2.05) is 48.9 Å². The first-order chi connectivity index (χ1) is 12.6. The van der Waals surface area contributed by atoms with Gasteiger partial charge in [-0.05, 0) is 43.3 Å². The van der Waals surface area contributed by atoms with E-state index >= 15 is 0 Å². The maximum Gasteiger partial charge on any atom is 0.233 e. The fourth-order valence-electron chi connectivity index (χ4n) is 2.35. The second-order valence-electron chi connectivity index (χ2n) is 5.65. The largest absolute Gasteiger partial charge is 0.497 e. The molecule has 0 aliphatic heterocycles. The van der Waals surface area contributed by atoms with Gasteiger partial charge in [-0.2, -0.15) is 0 Å². The summed E-state index contributed by atoms with van der Waals surface area (Å²) >= 11 is 1.36. The van der Waals surface area contributed by atoms with Gasteiger partial charge in [0.05, 0.1) is 25.2 Å².